The number of unbranched alkanes of at least 4 members (excludes halogenated alkanes) is 4. The number of carbonyl (C=O) groups is 3. The Bertz CT molecular complexity index is 1050. The summed E-state index contributed by atoms with van der Waals surface area (Å²) in [5.41, 5.74) is 3.80. The van der Waals surface area contributed by atoms with Crippen LogP contribution in [0, 0.1) is 11.8 Å². The van der Waals surface area contributed by atoms with Gasteiger partial charge < -0.3 is 25.8 Å². The minimum atomic E-state index is -0.226. The van der Waals surface area contributed by atoms with Crippen LogP contribution in [0.4, 0.5) is 9.59 Å². The van der Waals surface area contributed by atoms with Crippen LogP contribution in [-0.4, -0.2) is 67.0 Å². The van der Waals surface area contributed by atoms with Crippen molar-refractivity contribution in [2.45, 2.75) is 186 Å². The molecule has 0 aromatic carbocycles. The van der Waals surface area contributed by atoms with E-state index in [9.17, 15) is 14.4 Å². The van der Waals surface area contributed by atoms with Gasteiger partial charge in [-0.05, 0) is 75.4 Å². The number of rotatable bonds is 12. The fraction of sp³-hybridized carbons (Fsp3) is 0.761. The van der Waals surface area contributed by atoms with Crippen molar-refractivity contribution >= 4 is 18.0 Å². The third-order valence-electron chi connectivity index (χ3n) is 9.58. The Balaban J connectivity index is -0.000000802. The fourth-order valence-electron chi connectivity index (χ4n) is 5.60. The van der Waals surface area contributed by atoms with Crippen LogP contribution in [0.5, 0.6) is 0 Å². The highest BCUT2D eigenvalue weighted by molar-refractivity contribution is 5.83. The lowest BCUT2D eigenvalue weighted by Crippen LogP contribution is -2.53. The molecule has 0 spiro atoms. The number of piperidine rings is 1. The number of hydrogen-bond donors (Lipinski definition) is 3. The first-order valence-electron chi connectivity index (χ1n) is 22.1. The van der Waals surface area contributed by atoms with E-state index in [4.69, 9.17) is 0 Å². The van der Waals surface area contributed by atoms with Gasteiger partial charge in [0, 0.05) is 38.4 Å². The number of likely N-dealkylation sites (tertiary alicyclic amines) is 1. The van der Waals surface area contributed by atoms with Crippen LogP contribution in [-0.2, 0) is 4.79 Å². The summed E-state index contributed by atoms with van der Waals surface area (Å²) in [7, 11) is 1.54. The van der Waals surface area contributed by atoms with Crippen molar-refractivity contribution in [1.82, 2.24) is 25.8 Å². The lowest BCUT2D eigenvalue weighted by atomic mass is 9.99. The third kappa shape index (κ3) is 26.7. The van der Waals surface area contributed by atoms with Crippen molar-refractivity contribution in [1.29, 1.82) is 0 Å². The van der Waals surface area contributed by atoms with E-state index in [-0.39, 0.29) is 30.6 Å². The van der Waals surface area contributed by atoms with Gasteiger partial charge in [-0.25, -0.2) is 9.59 Å². The first-order valence-corrected chi connectivity index (χ1v) is 22.1. The first kappa shape index (κ1) is 55.3. The van der Waals surface area contributed by atoms with Gasteiger partial charge >= 0.3 is 12.1 Å². The maximum Gasteiger partial charge on any atom is 0.322 e. The molecule has 1 saturated heterocycles. The van der Waals surface area contributed by atoms with Gasteiger partial charge in [0.25, 0.3) is 0 Å². The quantitative estimate of drug-likeness (QED) is 0.137. The minimum absolute atomic E-state index is 0.0193. The molecule has 0 saturated carbocycles. The molecule has 0 bridgehead atoms. The summed E-state index contributed by atoms with van der Waals surface area (Å²) in [6.07, 6.45) is 27.3. The standard InChI is InChI=1S/C19H29N5O3.C13H24.C7H16.C3H8.2C2H6/c1-20-17(25)13-21-18(26)23-10-8-15(9-11-23)24-12-7-14-5-3-2-4-6-16(14)22-19(24)27;1-6-11(3)9-8-10-13(5)12(4)7-2;1-3-5-7-6-4-2;1-3-2;2*1-2/h4,6,15H,2-3,5,7-13H2,1H3,(H,20,25)(H,21,26)(H,22,27);8-12H,6-7H2,1-5H3;3-7H2,1-2H3;3H2,1-2H3;2*1-2H3/b;9-8-,13-10-;;;;. The fourth-order valence-corrected chi connectivity index (χ4v) is 5.60. The number of nitrogens with one attached hydrogen (secondary N) is 3. The van der Waals surface area contributed by atoms with Crippen molar-refractivity contribution < 1.29 is 14.4 Å². The molecule has 1 fully saturated rings. The zero-order valence-electron chi connectivity index (χ0n) is 38.0. The smallest absolute Gasteiger partial charge is 0.322 e. The van der Waals surface area contributed by atoms with Crippen molar-refractivity contribution in [2.24, 2.45) is 11.8 Å². The molecular weight excluding hydrogens is 671 g/mol. The molecule has 0 radical (unpaired) electrons. The Morgan fingerprint density at radius 2 is 1.50 bits per heavy atom. The van der Waals surface area contributed by atoms with Crippen LogP contribution in [0.15, 0.2) is 47.2 Å². The number of nitrogens with zero attached hydrogens (tertiary/aromatic N) is 2. The van der Waals surface area contributed by atoms with Crippen LogP contribution in [0.2, 0.25) is 0 Å². The van der Waals surface area contributed by atoms with Crippen LogP contribution >= 0.6 is 0 Å². The summed E-state index contributed by atoms with van der Waals surface area (Å²) in [6, 6.07) is -0.120. The van der Waals surface area contributed by atoms with E-state index in [2.05, 4.69) is 103 Å². The molecule has 5 amide bonds. The molecule has 3 aliphatic rings. The van der Waals surface area contributed by atoms with Gasteiger partial charge in [0.2, 0.25) is 5.91 Å². The predicted octanol–water partition coefficient (Wildman–Crippen LogP) is 12.3. The van der Waals surface area contributed by atoms with Gasteiger partial charge in [0.15, 0.2) is 0 Å². The number of hydrogen-bond acceptors (Lipinski definition) is 3. The second kappa shape index (κ2) is 38.3. The Morgan fingerprint density at radius 1 is 0.907 bits per heavy atom. The van der Waals surface area contributed by atoms with Crippen molar-refractivity contribution in [2.75, 3.05) is 33.2 Å². The number of allylic oxidation sites excluding steroid dienone is 6. The molecular formula is C46H89N5O3. The summed E-state index contributed by atoms with van der Waals surface area (Å²) in [6.45, 7) is 29.8. The highest BCUT2D eigenvalue weighted by Crippen LogP contribution is 2.26. The molecule has 0 aromatic rings. The molecule has 54 heavy (non-hydrogen) atoms. The first-order chi connectivity index (χ1) is 26.0. The summed E-state index contributed by atoms with van der Waals surface area (Å²) in [4.78, 5) is 39.8. The van der Waals surface area contributed by atoms with Crippen LogP contribution in [0.25, 0.3) is 0 Å². The highest BCUT2D eigenvalue weighted by atomic mass is 16.2. The zero-order chi connectivity index (χ0) is 41.7. The van der Waals surface area contributed by atoms with Gasteiger partial charge in [-0.15, -0.1) is 0 Å². The summed E-state index contributed by atoms with van der Waals surface area (Å²) < 4.78 is 0. The highest BCUT2D eigenvalue weighted by Gasteiger charge is 2.31. The molecule has 3 N–H and O–H groups in total. The Morgan fingerprint density at radius 3 is 2.02 bits per heavy atom. The molecule has 316 valence electrons. The van der Waals surface area contributed by atoms with Gasteiger partial charge in [0.1, 0.15) is 0 Å². The maximum atomic E-state index is 12.7. The normalized spacial score (nSPS) is 16.6. The second-order valence-corrected chi connectivity index (χ2v) is 14.0. The van der Waals surface area contributed by atoms with E-state index in [1.807, 2.05) is 38.7 Å². The second-order valence-electron chi connectivity index (χ2n) is 14.0. The van der Waals surface area contributed by atoms with Crippen molar-refractivity contribution in [3.05, 3.63) is 47.2 Å². The van der Waals surface area contributed by atoms with Crippen LogP contribution in [0.3, 0.4) is 0 Å². The molecule has 2 unspecified atom stereocenters. The lowest BCUT2D eigenvalue weighted by Gasteiger charge is -2.38. The molecule has 0 aromatic heterocycles. The summed E-state index contributed by atoms with van der Waals surface area (Å²) in [5.74, 6) is 1.21. The van der Waals surface area contributed by atoms with E-state index in [1.54, 1.807) is 4.90 Å². The number of amides is 5. The SMILES string of the molecule is CC.CC.CCC.CCC(C)/C=C\C=C(\C)C(C)CC.CCCCCCC.CNC(=O)CNC(=O)N1CCC(N2CCC3=C(C=CCCC3)NC2=O)CC1. The van der Waals surface area contributed by atoms with Gasteiger partial charge in [-0.2, -0.15) is 0 Å². The maximum absolute atomic E-state index is 12.7. The molecule has 2 heterocycles. The topological polar surface area (TPSA) is 93.8 Å². The van der Waals surface area contributed by atoms with E-state index in [0.29, 0.717) is 19.0 Å². The van der Waals surface area contributed by atoms with Gasteiger partial charge in [-0.3, -0.25) is 4.79 Å². The van der Waals surface area contributed by atoms with Gasteiger partial charge in [-0.1, -0.05) is 158 Å². The van der Waals surface area contributed by atoms with Crippen molar-refractivity contribution in [3.8, 4) is 0 Å². The van der Waals surface area contributed by atoms with Gasteiger partial charge in [0.05, 0.1) is 6.54 Å². The van der Waals surface area contributed by atoms with Crippen LogP contribution < -0.4 is 16.0 Å². The van der Waals surface area contributed by atoms with Crippen molar-refractivity contribution in [3.63, 3.8) is 0 Å². The average Bonchev–Trinajstić information content (AvgIpc) is 3.52. The van der Waals surface area contributed by atoms with Crippen LogP contribution in [0.1, 0.15) is 180 Å². The number of carbonyl (C=O) groups excluding carboxylic acids is 3. The van der Waals surface area contributed by atoms with E-state index in [1.165, 1.54) is 69.6 Å². The minimum Gasteiger partial charge on any atom is -0.358 e. The Kier molecular flexibility index (Phi) is 39.2. The molecule has 8 nitrogen and oxygen atoms in total. The molecule has 1 aliphatic carbocycles. The summed E-state index contributed by atoms with van der Waals surface area (Å²) >= 11 is 0. The molecule has 2 atom stereocenters. The number of urea groups is 2. The monoisotopic (exact) mass is 760 g/mol. The zero-order valence-corrected chi connectivity index (χ0v) is 38.0. The molecule has 3 rings (SSSR count). The Labute approximate surface area is 335 Å². The van der Waals surface area contributed by atoms with E-state index in [0.717, 1.165) is 56.7 Å². The lowest BCUT2D eigenvalue weighted by molar-refractivity contribution is -0.119. The molecule has 2 aliphatic heterocycles. The molecule has 8 heteroatoms. The predicted molar refractivity (Wildman–Crippen MR) is 237 cm³/mol. The average molecular weight is 760 g/mol. The van der Waals surface area contributed by atoms with E-state index >= 15 is 0 Å². The largest absolute Gasteiger partial charge is 0.358 e. The third-order valence-corrected chi connectivity index (χ3v) is 9.58. The van der Waals surface area contributed by atoms with E-state index < -0.39 is 0 Å². The Hall–Kier alpha value is -3.03. The summed E-state index contributed by atoms with van der Waals surface area (Å²) in [5, 5.41) is 8.18. The number of likely N-dealkylation sites (N-methyl/N-ethyl adjacent to an activating group) is 1.